The molecule has 0 radical (unpaired) electrons. The van der Waals surface area contributed by atoms with Crippen molar-refractivity contribution in [2.24, 2.45) is 23.5 Å². The number of nitrogens with two attached hydrogens (primary N) is 1. The van der Waals surface area contributed by atoms with Crippen LogP contribution >= 0.6 is 0 Å². The van der Waals surface area contributed by atoms with Crippen molar-refractivity contribution < 1.29 is 4.79 Å². The molecular formula is C17H32N2O. The van der Waals surface area contributed by atoms with Gasteiger partial charge in [0.2, 0.25) is 5.91 Å². The zero-order valence-electron chi connectivity index (χ0n) is 13.1. The summed E-state index contributed by atoms with van der Waals surface area (Å²) in [7, 11) is 0. The van der Waals surface area contributed by atoms with Crippen LogP contribution in [-0.2, 0) is 4.79 Å². The van der Waals surface area contributed by atoms with Crippen LogP contribution in [0.4, 0.5) is 0 Å². The molecule has 1 amide bonds. The number of carbonyl (C=O) groups is 1. The van der Waals surface area contributed by atoms with E-state index in [0.29, 0.717) is 18.4 Å². The lowest BCUT2D eigenvalue weighted by molar-refractivity contribution is -0.122. The third kappa shape index (κ3) is 5.43. The Labute approximate surface area is 124 Å². The Morgan fingerprint density at radius 2 is 1.85 bits per heavy atom. The summed E-state index contributed by atoms with van der Waals surface area (Å²) in [6, 6.07) is 0.325. The second kappa shape index (κ2) is 8.02. The number of nitrogens with one attached hydrogen (secondary N) is 1. The van der Waals surface area contributed by atoms with Crippen LogP contribution < -0.4 is 11.1 Å². The van der Waals surface area contributed by atoms with Gasteiger partial charge in [0, 0.05) is 19.0 Å². The molecule has 2 aliphatic carbocycles. The first-order valence-corrected chi connectivity index (χ1v) is 8.65. The lowest BCUT2D eigenvalue weighted by Gasteiger charge is -2.27. The standard InChI is InChI=1S/C17H32N2O/c1-13-5-7-14(8-6-13)9-10-19-17(20)12-15-3-2-4-16(18)11-15/h13-16H,2-12,18H2,1H3,(H,19,20). The number of rotatable bonds is 5. The third-order valence-corrected chi connectivity index (χ3v) is 5.31. The van der Waals surface area contributed by atoms with E-state index in [2.05, 4.69) is 12.2 Å². The van der Waals surface area contributed by atoms with Crippen molar-refractivity contribution in [1.82, 2.24) is 5.32 Å². The van der Waals surface area contributed by atoms with Crippen LogP contribution in [0.5, 0.6) is 0 Å². The van der Waals surface area contributed by atoms with Gasteiger partial charge in [-0.2, -0.15) is 0 Å². The van der Waals surface area contributed by atoms with Crippen LogP contribution in [0.25, 0.3) is 0 Å². The fourth-order valence-electron chi connectivity index (χ4n) is 3.89. The van der Waals surface area contributed by atoms with Gasteiger partial charge in [0.25, 0.3) is 0 Å². The SMILES string of the molecule is CC1CCC(CCNC(=O)CC2CCCC(N)C2)CC1. The van der Waals surface area contributed by atoms with Crippen molar-refractivity contribution in [2.45, 2.75) is 77.2 Å². The maximum absolute atomic E-state index is 12.0. The molecule has 2 rings (SSSR count). The predicted octanol–water partition coefficient (Wildman–Crippen LogP) is 3.23. The van der Waals surface area contributed by atoms with Crippen molar-refractivity contribution in [3.05, 3.63) is 0 Å². The summed E-state index contributed by atoms with van der Waals surface area (Å²) in [5.74, 6) is 2.52. The smallest absolute Gasteiger partial charge is 0.220 e. The topological polar surface area (TPSA) is 55.1 Å². The molecule has 0 heterocycles. The molecule has 0 saturated heterocycles. The zero-order valence-corrected chi connectivity index (χ0v) is 13.1. The molecular weight excluding hydrogens is 248 g/mol. The average Bonchev–Trinajstić information content (AvgIpc) is 2.41. The molecule has 3 heteroatoms. The molecule has 0 aromatic carbocycles. The third-order valence-electron chi connectivity index (χ3n) is 5.31. The highest BCUT2D eigenvalue weighted by atomic mass is 16.1. The highest BCUT2D eigenvalue weighted by Crippen LogP contribution is 2.30. The number of carbonyl (C=O) groups excluding carboxylic acids is 1. The molecule has 2 fully saturated rings. The van der Waals surface area contributed by atoms with Crippen molar-refractivity contribution in [1.29, 1.82) is 0 Å². The Morgan fingerprint density at radius 1 is 1.10 bits per heavy atom. The first kappa shape index (κ1) is 15.8. The van der Waals surface area contributed by atoms with Crippen LogP contribution in [0, 0.1) is 17.8 Å². The number of hydrogen-bond donors (Lipinski definition) is 2. The Hall–Kier alpha value is -0.570. The van der Waals surface area contributed by atoms with E-state index in [0.717, 1.165) is 31.2 Å². The normalized spacial score (nSPS) is 34.7. The molecule has 3 nitrogen and oxygen atoms in total. The maximum atomic E-state index is 12.0. The number of amides is 1. The van der Waals surface area contributed by atoms with Crippen LogP contribution in [0.1, 0.15) is 71.1 Å². The molecule has 2 aliphatic rings. The van der Waals surface area contributed by atoms with Gasteiger partial charge in [0.1, 0.15) is 0 Å². The Bertz CT molecular complexity index is 297. The second-order valence-corrected chi connectivity index (χ2v) is 7.26. The Kier molecular flexibility index (Phi) is 6.34. The van der Waals surface area contributed by atoms with Crippen molar-refractivity contribution in [2.75, 3.05) is 6.54 Å². The van der Waals surface area contributed by atoms with Crippen LogP contribution in [0.3, 0.4) is 0 Å². The van der Waals surface area contributed by atoms with Crippen LogP contribution in [0.2, 0.25) is 0 Å². The molecule has 0 aromatic rings. The van der Waals surface area contributed by atoms with Gasteiger partial charge in [0.15, 0.2) is 0 Å². The molecule has 0 spiro atoms. The molecule has 20 heavy (non-hydrogen) atoms. The van der Waals surface area contributed by atoms with Crippen LogP contribution in [-0.4, -0.2) is 18.5 Å². The van der Waals surface area contributed by atoms with Gasteiger partial charge in [-0.15, -0.1) is 0 Å². The van der Waals surface area contributed by atoms with E-state index in [1.165, 1.54) is 44.9 Å². The first-order valence-electron chi connectivity index (χ1n) is 8.65. The fourth-order valence-corrected chi connectivity index (χ4v) is 3.89. The van der Waals surface area contributed by atoms with Gasteiger partial charge in [0.05, 0.1) is 0 Å². The van der Waals surface area contributed by atoms with E-state index in [1.54, 1.807) is 0 Å². The zero-order chi connectivity index (χ0) is 14.4. The van der Waals surface area contributed by atoms with E-state index in [-0.39, 0.29) is 5.91 Å². The van der Waals surface area contributed by atoms with Gasteiger partial charge in [-0.25, -0.2) is 0 Å². The molecule has 0 aromatic heterocycles. The lowest BCUT2D eigenvalue weighted by Crippen LogP contribution is -2.33. The van der Waals surface area contributed by atoms with Crippen LogP contribution in [0.15, 0.2) is 0 Å². The van der Waals surface area contributed by atoms with E-state index >= 15 is 0 Å². The Morgan fingerprint density at radius 3 is 2.55 bits per heavy atom. The van der Waals surface area contributed by atoms with Crippen molar-refractivity contribution in [3.63, 3.8) is 0 Å². The predicted molar refractivity (Wildman–Crippen MR) is 83.3 cm³/mol. The minimum absolute atomic E-state index is 0.244. The van der Waals surface area contributed by atoms with E-state index in [4.69, 9.17) is 5.73 Å². The molecule has 3 N–H and O–H groups in total. The van der Waals surface area contributed by atoms with Crippen molar-refractivity contribution in [3.8, 4) is 0 Å². The summed E-state index contributed by atoms with van der Waals surface area (Å²) in [4.78, 5) is 12.0. The summed E-state index contributed by atoms with van der Waals surface area (Å²) >= 11 is 0. The minimum Gasteiger partial charge on any atom is -0.356 e. The fraction of sp³-hybridized carbons (Fsp3) is 0.941. The highest BCUT2D eigenvalue weighted by molar-refractivity contribution is 5.76. The molecule has 2 saturated carbocycles. The second-order valence-electron chi connectivity index (χ2n) is 7.26. The summed E-state index contributed by atoms with van der Waals surface area (Å²) in [6.07, 6.45) is 11.9. The van der Waals surface area contributed by atoms with Gasteiger partial charge < -0.3 is 11.1 Å². The average molecular weight is 280 g/mol. The highest BCUT2D eigenvalue weighted by Gasteiger charge is 2.22. The maximum Gasteiger partial charge on any atom is 0.220 e. The largest absolute Gasteiger partial charge is 0.356 e. The summed E-state index contributed by atoms with van der Waals surface area (Å²) in [5.41, 5.74) is 5.98. The number of hydrogen-bond acceptors (Lipinski definition) is 2. The van der Waals surface area contributed by atoms with Gasteiger partial charge in [-0.1, -0.05) is 39.0 Å². The van der Waals surface area contributed by atoms with Gasteiger partial charge in [-0.05, 0) is 43.4 Å². The summed E-state index contributed by atoms with van der Waals surface area (Å²) in [5, 5.41) is 3.12. The quantitative estimate of drug-likeness (QED) is 0.812. The summed E-state index contributed by atoms with van der Waals surface area (Å²) in [6.45, 7) is 3.23. The van der Waals surface area contributed by atoms with E-state index in [9.17, 15) is 4.79 Å². The van der Waals surface area contributed by atoms with Crippen molar-refractivity contribution >= 4 is 5.91 Å². The van der Waals surface area contributed by atoms with E-state index < -0.39 is 0 Å². The Balaban J connectivity index is 1.56. The lowest BCUT2D eigenvalue weighted by atomic mass is 9.81. The monoisotopic (exact) mass is 280 g/mol. The van der Waals surface area contributed by atoms with E-state index in [1.807, 2.05) is 0 Å². The molecule has 0 aliphatic heterocycles. The summed E-state index contributed by atoms with van der Waals surface area (Å²) < 4.78 is 0. The molecule has 2 atom stereocenters. The van der Waals surface area contributed by atoms with Gasteiger partial charge in [-0.3, -0.25) is 4.79 Å². The van der Waals surface area contributed by atoms with Gasteiger partial charge >= 0.3 is 0 Å². The molecule has 116 valence electrons. The first-order chi connectivity index (χ1) is 9.63. The minimum atomic E-state index is 0.244. The molecule has 2 unspecified atom stereocenters. The molecule has 0 bridgehead atoms.